The van der Waals surface area contributed by atoms with Crippen LogP contribution in [0.5, 0.6) is 0 Å². The Balaban J connectivity index is 0. The van der Waals surface area contributed by atoms with Gasteiger partial charge in [0, 0.05) is 6.26 Å². The Bertz CT molecular complexity index is 319. The Labute approximate surface area is 121 Å². The molecule has 0 aliphatic rings. The van der Waals surface area contributed by atoms with Crippen molar-refractivity contribution in [1.82, 2.24) is 4.90 Å². The quantitative estimate of drug-likeness (QED) is 0.796. The number of hydrogen-bond donors (Lipinski definition) is 0. The van der Waals surface area contributed by atoms with Crippen LogP contribution in [0, 0.1) is 10.8 Å². The van der Waals surface area contributed by atoms with E-state index in [1.54, 1.807) is 0 Å². The molecule has 0 bridgehead atoms. The van der Waals surface area contributed by atoms with Crippen LogP contribution in [0.2, 0.25) is 0 Å². The molecule has 0 atom stereocenters. The van der Waals surface area contributed by atoms with E-state index in [1.807, 2.05) is 20.8 Å². The smallest absolute Gasteiger partial charge is 0.147 e. The lowest BCUT2D eigenvalue weighted by atomic mass is 9.92. The average molecular weight is 294 g/mol. The van der Waals surface area contributed by atoms with Gasteiger partial charge in [-0.3, -0.25) is 0 Å². The van der Waals surface area contributed by atoms with Gasteiger partial charge in [-0.1, -0.05) is 41.5 Å². The van der Waals surface area contributed by atoms with Crippen molar-refractivity contribution < 1.29 is 8.42 Å². The second-order valence-corrected chi connectivity index (χ2v) is 10.3. The summed E-state index contributed by atoms with van der Waals surface area (Å²) >= 11 is 0. The first-order chi connectivity index (χ1) is 8.12. The van der Waals surface area contributed by atoms with Crippen molar-refractivity contribution in [2.45, 2.75) is 54.4 Å². The van der Waals surface area contributed by atoms with Gasteiger partial charge in [-0.05, 0) is 44.3 Å². The summed E-state index contributed by atoms with van der Waals surface area (Å²) in [5.74, 6) is 0.302. The van der Waals surface area contributed by atoms with Crippen molar-refractivity contribution in [1.29, 1.82) is 0 Å². The molecule has 118 valence electrons. The van der Waals surface area contributed by atoms with Crippen molar-refractivity contribution in [3.63, 3.8) is 0 Å². The fourth-order valence-electron chi connectivity index (χ4n) is 1.05. The van der Waals surface area contributed by atoms with Crippen molar-refractivity contribution in [3.8, 4) is 0 Å². The fourth-order valence-corrected chi connectivity index (χ4v) is 2.03. The first-order valence-corrected chi connectivity index (χ1v) is 9.01. The third-order valence-corrected chi connectivity index (χ3v) is 3.48. The summed E-state index contributed by atoms with van der Waals surface area (Å²) in [7, 11) is 1.48. The Morgan fingerprint density at radius 1 is 0.842 bits per heavy atom. The van der Waals surface area contributed by atoms with Crippen LogP contribution in [0.15, 0.2) is 0 Å². The lowest BCUT2D eigenvalue weighted by molar-refractivity contribution is 0.297. The second-order valence-electron chi connectivity index (χ2n) is 8.05. The minimum atomic E-state index is -2.76. The molecule has 0 heterocycles. The van der Waals surface area contributed by atoms with Gasteiger partial charge in [0.05, 0.1) is 5.75 Å². The van der Waals surface area contributed by atoms with Gasteiger partial charge in [0.25, 0.3) is 0 Å². The molecule has 0 aliphatic carbocycles. The van der Waals surface area contributed by atoms with Crippen LogP contribution in [0.25, 0.3) is 0 Å². The van der Waals surface area contributed by atoms with E-state index < -0.39 is 9.84 Å². The molecule has 0 fully saturated rings. The summed E-state index contributed by atoms with van der Waals surface area (Å²) in [6.45, 7) is 14.1. The first-order valence-electron chi connectivity index (χ1n) is 6.95. The molecule has 0 aromatic heterocycles. The van der Waals surface area contributed by atoms with Crippen LogP contribution in [-0.2, 0) is 9.84 Å². The predicted molar refractivity (Wildman–Crippen MR) is 86.4 cm³/mol. The first kappa shape index (κ1) is 21.2. The summed E-state index contributed by atoms with van der Waals surface area (Å²) in [5, 5.41) is 0. The van der Waals surface area contributed by atoms with E-state index in [1.165, 1.54) is 19.2 Å². The number of hydrogen-bond acceptors (Lipinski definition) is 3. The lowest BCUT2D eigenvalue weighted by Crippen LogP contribution is -2.19. The Hall–Kier alpha value is -0.0900. The number of rotatable bonds is 4. The highest BCUT2D eigenvalue weighted by Gasteiger charge is 2.13. The van der Waals surface area contributed by atoms with E-state index >= 15 is 0 Å². The van der Waals surface area contributed by atoms with Gasteiger partial charge in [-0.2, -0.15) is 0 Å². The maximum atomic E-state index is 10.7. The molecule has 0 saturated carbocycles. The van der Waals surface area contributed by atoms with Crippen LogP contribution >= 0.6 is 0 Å². The molecule has 0 spiro atoms. The SMILES string of the molecule is CC(C)(C)CCS(C)(=O)=O.CN(C)CCC(C)(C)C. The van der Waals surface area contributed by atoms with E-state index in [9.17, 15) is 8.42 Å². The molecule has 0 amide bonds. The molecule has 3 nitrogen and oxygen atoms in total. The van der Waals surface area contributed by atoms with E-state index in [0.29, 0.717) is 11.2 Å². The molecular formula is C15H35NO2S. The normalized spacial score (nSPS) is 13.2. The summed E-state index contributed by atoms with van der Waals surface area (Å²) in [4.78, 5) is 2.23. The van der Waals surface area contributed by atoms with Gasteiger partial charge in [0.2, 0.25) is 0 Å². The zero-order valence-electron chi connectivity index (χ0n) is 14.5. The van der Waals surface area contributed by atoms with Crippen molar-refractivity contribution in [2.24, 2.45) is 10.8 Å². The molecule has 0 aromatic carbocycles. The molecule has 0 aliphatic heterocycles. The van der Waals surface area contributed by atoms with E-state index in [-0.39, 0.29) is 5.41 Å². The highest BCUT2D eigenvalue weighted by Crippen LogP contribution is 2.18. The molecule has 4 heteroatoms. The van der Waals surface area contributed by atoms with Crippen molar-refractivity contribution in [3.05, 3.63) is 0 Å². The maximum Gasteiger partial charge on any atom is 0.147 e. The number of nitrogens with zero attached hydrogens (tertiary/aromatic N) is 1. The minimum absolute atomic E-state index is 0.128. The number of sulfone groups is 1. The third-order valence-electron chi connectivity index (χ3n) is 2.53. The Kier molecular flexibility index (Phi) is 9.21. The van der Waals surface area contributed by atoms with Crippen LogP contribution in [-0.4, -0.2) is 46.0 Å². The highest BCUT2D eigenvalue weighted by molar-refractivity contribution is 7.90. The molecule has 0 aromatic rings. The van der Waals surface area contributed by atoms with Crippen molar-refractivity contribution >= 4 is 9.84 Å². The molecule has 0 N–H and O–H groups in total. The minimum Gasteiger partial charge on any atom is -0.309 e. The topological polar surface area (TPSA) is 37.4 Å². The molecule has 19 heavy (non-hydrogen) atoms. The highest BCUT2D eigenvalue weighted by atomic mass is 32.2. The summed E-state index contributed by atoms with van der Waals surface area (Å²) in [5.41, 5.74) is 0.618. The molecule has 0 saturated heterocycles. The fraction of sp³-hybridized carbons (Fsp3) is 1.00. The van der Waals surface area contributed by atoms with Crippen LogP contribution in [0.3, 0.4) is 0 Å². The zero-order valence-corrected chi connectivity index (χ0v) is 15.3. The summed E-state index contributed by atoms with van der Waals surface area (Å²) in [6.07, 6.45) is 3.30. The van der Waals surface area contributed by atoms with Gasteiger partial charge in [0.15, 0.2) is 0 Å². The van der Waals surface area contributed by atoms with Gasteiger partial charge in [0.1, 0.15) is 9.84 Å². The largest absolute Gasteiger partial charge is 0.309 e. The van der Waals surface area contributed by atoms with E-state index in [0.717, 1.165) is 6.42 Å². The Morgan fingerprint density at radius 2 is 1.21 bits per heavy atom. The molecular weight excluding hydrogens is 258 g/mol. The summed E-state index contributed by atoms with van der Waals surface area (Å²) < 4.78 is 21.4. The standard InChI is InChI=1S/C8H19N.C7H16O2S/c1-8(2,3)6-7-9(4)5;1-7(2,3)5-6-10(4,8)9/h6-7H2,1-5H3;5-6H2,1-4H3. The van der Waals surface area contributed by atoms with E-state index in [2.05, 4.69) is 39.8 Å². The average Bonchev–Trinajstić information content (AvgIpc) is 2.10. The van der Waals surface area contributed by atoms with Crippen LogP contribution in [0.1, 0.15) is 54.4 Å². The molecule has 0 rings (SSSR count). The van der Waals surface area contributed by atoms with Gasteiger partial charge in [-0.15, -0.1) is 0 Å². The molecule has 0 radical (unpaired) electrons. The Morgan fingerprint density at radius 3 is 1.32 bits per heavy atom. The van der Waals surface area contributed by atoms with Crippen molar-refractivity contribution in [2.75, 3.05) is 32.6 Å². The second kappa shape index (κ2) is 8.25. The van der Waals surface area contributed by atoms with E-state index in [4.69, 9.17) is 0 Å². The van der Waals surface area contributed by atoms with Gasteiger partial charge >= 0.3 is 0 Å². The monoisotopic (exact) mass is 293 g/mol. The zero-order chi connectivity index (χ0) is 15.9. The maximum absolute atomic E-state index is 10.7. The lowest BCUT2D eigenvalue weighted by Gasteiger charge is -2.20. The van der Waals surface area contributed by atoms with Crippen LogP contribution in [0.4, 0.5) is 0 Å². The third kappa shape index (κ3) is 27.2. The molecule has 0 unspecified atom stereocenters. The van der Waals surface area contributed by atoms with Gasteiger partial charge in [-0.25, -0.2) is 8.42 Å². The van der Waals surface area contributed by atoms with Gasteiger partial charge < -0.3 is 4.90 Å². The van der Waals surface area contributed by atoms with Crippen LogP contribution < -0.4 is 0 Å². The predicted octanol–water partition coefficient (Wildman–Crippen LogP) is 3.45. The summed E-state index contributed by atoms with van der Waals surface area (Å²) in [6, 6.07) is 0.